The van der Waals surface area contributed by atoms with Crippen LogP contribution in [0.4, 0.5) is 0 Å². The van der Waals surface area contributed by atoms with Crippen LogP contribution in [0.3, 0.4) is 0 Å². The van der Waals surface area contributed by atoms with Crippen molar-refractivity contribution in [1.29, 1.82) is 0 Å². The highest BCUT2D eigenvalue weighted by molar-refractivity contribution is 7.09. The average Bonchev–Trinajstić information content (AvgIpc) is 2.82. The molecule has 0 unspecified atom stereocenters. The molecule has 0 saturated heterocycles. The molecule has 0 saturated carbocycles. The minimum absolute atomic E-state index is 0.734. The Balaban J connectivity index is 2.05. The van der Waals surface area contributed by atoms with Gasteiger partial charge in [0.15, 0.2) is 0 Å². The summed E-state index contributed by atoms with van der Waals surface area (Å²) in [5.41, 5.74) is 4.60. The second-order valence-corrected chi connectivity index (χ2v) is 6.25. The van der Waals surface area contributed by atoms with Gasteiger partial charge >= 0.3 is 0 Å². The molecular formula is C16H24N4S. The molecule has 0 aliphatic carbocycles. The first-order valence-corrected chi connectivity index (χ1v) is 8.42. The number of aryl methyl sites for hydroxylation is 3. The van der Waals surface area contributed by atoms with Gasteiger partial charge in [-0.2, -0.15) is 0 Å². The van der Waals surface area contributed by atoms with E-state index in [9.17, 15) is 0 Å². The van der Waals surface area contributed by atoms with Crippen LogP contribution in [0.5, 0.6) is 0 Å². The number of aromatic nitrogens is 3. The van der Waals surface area contributed by atoms with E-state index in [0.29, 0.717) is 0 Å². The number of rotatable bonds is 7. The molecule has 0 fully saturated rings. The predicted octanol–water partition coefficient (Wildman–Crippen LogP) is 2.99. The highest BCUT2D eigenvalue weighted by Gasteiger charge is 2.10. The molecule has 0 radical (unpaired) electrons. The summed E-state index contributed by atoms with van der Waals surface area (Å²) >= 11 is 1.68. The lowest BCUT2D eigenvalue weighted by atomic mass is 10.1. The van der Waals surface area contributed by atoms with Crippen LogP contribution in [-0.2, 0) is 12.8 Å². The lowest BCUT2D eigenvalue weighted by molar-refractivity contribution is 0.666. The summed E-state index contributed by atoms with van der Waals surface area (Å²) in [4.78, 5) is 13.8. The standard InChI is InChI=1S/C16H24N4S/c1-5-17-8-6-7-14-12(3)19-15(20-13(14)4)9-16-18-11(2)10-21-16/h10,17H,5-9H2,1-4H3. The van der Waals surface area contributed by atoms with E-state index < -0.39 is 0 Å². The van der Waals surface area contributed by atoms with Crippen LogP contribution in [-0.4, -0.2) is 28.0 Å². The van der Waals surface area contributed by atoms with Crippen molar-refractivity contribution in [1.82, 2.24) is 20.3 Å². The second kappa shape index (κ2) is 7.61. The van der Waals surface area contributed by atoms with Gasteiger partial charge in [0, 0.05) is 22.5 Å². The zero-order valence-electron chi connectivity index (χ0n) is 13.4. The van der Waals surface area contributed by atoms with Crippen LogP contribution < -0.4 is 5.32 Å². The minimum Gasteiger partial charge on any atom is -0.317 e. The molecule has 0 aliphatic heterocycles. The van der Waals surface area contributed by atoms with Crippen molar-refractivity contribution in [3.05, 3.63) is 38.9 Å². The van der Waals surface area contributed by atoms with Gasteiger partial charge in [-0.1, -0.05) is 6.92 Å². The molecule has 0 aromatic carbocycles. The molecule has 114 valence electrons. The number of hydrogen-bond acceptors (Lipinski definition) is 5. The van der Waals surface area contributed by atoms with Crippen molar-refractivity contribution in [2.45, 2.75) is 47.0 Å². The summed E-state index contributed by atoms with van der Waals surface area (Å²) < 4.78 is 0. The molecule has 21 heavy (non-hydrogen) atoms. The minimum atomic E-state index is 0.734. The lowest BCUT2D eigenvalue weighted by Gasteiger charge is -2.10. The van der Waals surface area contributed by atoms with Gasteiger partial charge in [-0.25, -0.2) is 15.0 Å². The first-order chi connectivity index (χ1) is 10.1. The Hall–Kier alpha value is -1.33. The van der Waals surface area contributed by atoms with Crippen molar-refractivity contribution < 1.29 is 0 Å². The summed E-state index contributed by atoms with van der Waals surface area (Å²) in [5, 5.41) is 6.52. The Bertz CT molecular complexity index is 569. The van der Waals surface area contributed by atoms with Crippen molar-refractivity contribution in [2.75, 3.05) is 13.1 Å². The normalized spacial score (nSPS) is 11.0. The largest absolute Gasteiger partial charge is 0.317 e. The molecule has 2 rings (SSSR count). The first-order valence-electron chi connectivity index (χ1n) is 7.55. The quantitative estimate of drug-likeness (QED) is 0.799. The fraction of sp³-hybridized carbons (Fsp3) is 0.562. The molecule has 4 nitrogen and oxygen atoms in total. The molecule has 0 spiro atoms. The monoisotopic (exact) mass is 304 g/mol. The van der Waals surface area contributed by atoms with E-state index in [1.165, 1.54) is 5.56 Å². The van der Waals surface area contributed by atoms with Gasteiger partial charge in [0.25, 0.3) is 0 Å². The van der Waals surface area contributed by atoms with Gasteiger partial charge in [-0.05, 0) is 52.3 Å². The molecule has 2 aromatic rings. The summed E-state index contributed by atoms with van der Waals surface area (Å²) in [5.74, 6) is 0.884. The molecule has 0 bridgehead atoms. The molecule has 5 heteroatoms. The molecule has 0 atom stereocenters. The SMILES string of the molecule is CCNCCCc1c(C)nc(Cc2nc(C)cs2)nc1C. The van der Waals surface area contributed by atoms with E-state index in [1.807, 2.05) is 6.92 Å². The molecule has 2 aromatic heterocycles. The van der Waals surface area contributed by atoms with E-state index in [0.717, 1.165) is 60.3 Å². The van der Waals surface area contributed by atoms with Gasteiger partial charge in [-0.15, -0.1) is 11.3 Å². The maximum atomic E-state index is 4.67. The number of nitrogens with one attached hydrogen (secondary N) is 1. The molecule has 0 aliphatic rings. The van der Waals surface area contributed by atoms with Crippen LogP contribution in [0.2, 0.25) is 0 Å². The average molecular weight is 304 g/mol. The van der Waals surface area contributed by atoms with Crippen LogP contribution in [0, 0.1) is 20.8 Å². The third-order valence-corrected chi connectivity index (χ3v) is 4.44. The summed E-state index contributed by atoms with van der Waals surface area (Å²) in [6.07, 6.45) is 2.91. The van der Waals surface area contributed by atoms with Crippen molar-refractivity contribution >= 4 is 11.3 Å². The predicted molar refractivity (Wildman–Crippen MR) is 88.0 cm³/mol. The Kier molecular flexibility index (Phi) is 5.82. The van der Waals surface area contributed by atoms with Gasteiger partial charge in [-0.3, -0.25) is 0 Å². The maximum Gasteiger partial charge on any atom is 0.135 e. The van der Waals surface area contributed by atoms with E-state index in [-0.39, 0.29) is 0 Å². The van der Waals surface area contributed by atoms with E-state index >= 15 is 0 Å². The van der Waals surface area contributed by atoms with Crippen LogP contribution in [0.1, 0.15) is 46.8 Å². The second-order valence-electron chi connectivity index (χ2n) is 5.31. The Labute approximate surface area is 131 Å². The summed E-state index contributed by atoms with van der Waals surface area (Å²) in [7, 11) is 0. The van der Waals surface area contributed by atoms with Crippen molar-refractivity contribution in [2.24, 2.45) is 0 Å². The fourth-order valence-electron chi connectivity index (χ4n) is 2.44. The van der Waals surface area contributed by atoms with E-state index in [1.54, 1.807) is 11.3 Å². The topological polar surface area (TPSA) is 50.7 Å². The zero-order chi connectivity index (χ0) is 15.2. The summed E-state index contributed by atoms with van der Waals surface area (Å²) in [6, 6.07) is 0. The Morgan fingerprint density at radius 2 is 1.81 bits per heavy atom. The van der Waals surface area contributed by atoms with Gasteiger partial charge in [0.2, 0.25) is 0 Å². The lowest BCUT2D eigenvalue weighted by Crippen LogP contribution is -2.15. The maximum absolute atomic E-state index is 4.67. The molecule has 2 heterocycles. The van der Waals surface area contributed by atoms with E-state index in [4.69, 9.17) is 0 Å². The zero-order valence-corrected chi connectivity index (χ0v) is 14.2. The van der Waals surface area contributed by atoms with Gasteiger partial charge < -0.3 is 5.32 Å². The smallest absolute Gasteiger partial charge is 0.135 e. The van der Waals surface area contributed by atoms with Crippen LogP contribution in [0.25, 0.3) is 0 Å². The number of thiazole rings is 1. The third-order valence-electron chi connectivity index (χ3n) is 3.47. The fourth-order valence-corrected chi connectivity index (χ4v) is 3.20. The number of hydrogen-bond donors (Lipinski definition) is 1. The van der Waals surface area contributed by atoms with Crippen LogP contribution >= 0.6 is 11.3 Å². The molecular weight excluding hydrogens is 280 g/mol. The van der Waals surface area contributed by atoms with Crippen molar-refractivity contribution in [3.63, 3.8) is 0 Å². The highest BCUT2D eigenvalue weighted by atomic mass is 32.1. The number of nitrogens with zero attached hydrogens (tertiary/aromatic N) is 3. The highest BCUT2D eigenvalue weighted by Crippen LogP contribution is 2.16. The third kappa shape index (κ3) is 4.58. The van der Waals surface area contributed by atoms with Gasteiger partial charge in [0.1, 0.15) is 10.8 Å². The molecule has 1 N–H and O–H groups in total. The molecule has 0 amide bonds. The summed E-state index contributed by atoms with van der Waals surface area (Å²) in [6.45, 7) is 10.4. The van der Waals surface area contributed by atoms with Crippen molar-refractivity contribution in [3.8, 4) is 0 Å². The van der Waals surface area contributed by atoms with Gasteiger partial charge in [0.05, 0.1) is 6.42 Å². The van der Waals surface area contributed by atoms with E-state index in [2.05, 4.69) is 46.4 Å². The Morgan fingerprint density at radius 1 is 1.10 bits per heavy atom. The Morgan fingerprint density at radius 3 is 2.38 bits per heavy atom. The van der Waals surface area contributed by atoms with Crippen LogP contribution in [0.15, 0.2) is 5.38 Å². The first kappa shape index (κ1) is 16.0.